The second kappa shape index (κ2) is 8.89. The van der Waals surface area contributed by atoms with Crippen LogP contribution < -0.4 is 11.3 Å². The van der Waals surface area contributed by atoms with Crippen LogP contribution in [0.1, 0.15) is 57.1 Å². The highest BCUT2D eigenvalue weighted by Gasteiger charge is 2.50. The molecule has 0 saturated heterocycles. The predicted molar refractivity (Wildman–Crippen MR) is 101 cm³/mol. The molecule has 2 aromatic heterocycles. The molecule has 2 rings (SSSR count). The van der Waals surface area contributed by atoms with Crippen molar-refractivity contribution in [3.63, 3.8) is 0 Å². The summed E-state index contributed by atoms with van der Waals surface area (Å²) in [4.78, 5) is 30.1. The fraction of sp³-hybridized carbons (Fsp3) is 0.625. The molecule has 0 unspecified atom stereocenters. The Morgan fingerprint density at radius 3 is 1.86 bits per heavy atom. The van der Waals surface area contributed by atoms with Crippen LogP contribution in [-0.4, -0.2) is 28.9 Å². The quantitative estimate of drug-likeness (QED) is 0.254. The lowest BCUT2D eigenvalue weighted by atomic mass is 10.1. The van der Waals surface area contributed by atoms with Crippen LogP contribution in [0.3, 0.4) is 0 Å². The van der Waals surface area contributed by atoms with Crippen LogP contribution >= 0.6 is 0 Å². The molecule has 0 aromatic carbocycles. The second-order valence-corrected chi connectivity index (χ2v) is 6.64. The van der Waals surface area contributed by atoms with Crippen LogP contribution in [0.4, 0.5) is 11.6 Å². The summed E-state index contributed by atoms with van der Waals surface area (Å²) in [5.74, 6) is 4.41. The molecule has 154 valence electrons. The van der Waals surface area contributed by atoms with Crippen LogP contribution in [0.5, 0.6) is 0 Å². The third-order valence-corrected chi connectivity index (χ3v) is 4.81. The van der Waals surface area contributed by atoms with Gasteiger partial charge in [0.15, 0.2) is 11.6 Å². The molecule has 0 aliphatic rings. The fourth-order valence-electron chi connectivity index (χ4n) is 3.54. The van der Waals surface area contributed by atoms with Gasteiger partial charge in [0.1, 0.15) is 12.4 Å². The average Bonchev–Trinajstić information content (AvgIpc) is 3.23. The summed E-state index contributed by atoms with van der Waals surface area (Å²) in [6.07, 6.45) is 7.16. The maximum atomic E-state index is 11.6. The molecule has 12 nitrogen and oxygen atoms in total. The zero-order chi connectivity index (χ0) is 20.9. The predicted octanol–water partition coefficient (Wildman–Crippen LogP) is 2.50. The summed E-state index contributed by atoms with van der Waals surface area (Å²) in [7, 11) is 0. The molecule has 0 aliphatic carbocycles. The first-order valence-corrected chi connectivity index (χ1v) is 9.16. The molecule has 0 amide bonds. The zero-order valence-corrected chi connectivity index (χ0v) is 16.3. The summed E-state index contributed by atoms with van der Waals surface area (Å²) >= 11 is 0. The minimum absolute atomic E-state index is 0.281. The van der Waals surface area contributed by atoms with Gasteiger partial charge in [-0.25, -0.2) is 9.97 Å². The molecule has 0 spiro atoms. The Bertz CT molecular complexity index is 786. The van der Waals surface area contributed by atoms with Gasteiger partial charge in [-0.05, 0) is 16.3 Å². The summed E-state index contributed by atoms with van der Waals surface area (Å²) in [6.45, 7) is 5.28. The fourth-order valence-corrected chi connectivity index (χ4v) is 3.54. The Morgan fingerprint density at radius 2 is 1.46 bits per heavy atom. The Balaban J connectivity index is 2.65. The van der Waals surface area contributed by atoms with Crippen LogP contribution in [0.2, 0.25) is 0 Å². The van der Waals surface area contributed by atoms with E-state index in [1.165, 1.54) is 9.13 Å². The van der Waals surface area contributed by atoms with Gasteiger partial charge in [0, 0.05) is 13.8 Å². The molecule has 0 bridgehead atoms. The summed E-state index contributed by atoms with van der Waals surface area (Å²) in [5, 5.41) is 23.2. The lowest BCUT2D eigenvalue weighted by Crippen LogP contribution is -2.57. The zero-order valence-electron chi connectivity index (χ0n) is 16.3. The Kier molecular flexibility index (Phi) is 6.80. The SMILES string of the molecule is CCCCCCCC(NN)(n1c([N+](=O)[O-])cnc1C)n1c([N+](=O)[O-])cnc1C. The topological polar surface area (TPSA) is 160 Å². The molecule has 0 saturated carbocycles. The Labute approximate surface area is 162 Å². The molecule has 0 fully saturated rings. The van der Waals surface area contributed by atoms with Gasteiger partial charge >= 0.3 is 17.4 Å². The average molecular weight is 394 g/mol. The van der Waals surface area contributed by atoms with E-state index in [0.29, 0.717) is 18.1 Å². The van der Waals surface area contributed by atoms with E-state index in [9.17, 15) is 20.2 Å². The first kappa shape index (κ1) is 21.4. The summed E-state index contributed by atoms with van der Waals surface area (Å²) < 4.78 is 2.60. The summed E-state index contributed by atoms with van der Waals surface area (Å²) in [6, 6.07) is 0. The largest absolute Gasteiger partial charge is 0.358 e. The molecule has 28 heavy (non-hydrogen) atoms. The van der Waals surface area contributed by atoms with Crippen molar-refractivity contribution >= 4 is 11.6 Å². The van der Waals surface area contributed by atoms with Crippen molar-refractivity contribution in [3.8, 4) is 0 Å². The number of rotatable bonds is 11. The van der Waals surface area contributed by atoms with Gasteiger partial charge in [-0.3, -0.25) is 5.84 Å². The van der Waals surface area contributed by atoms with Crippen molar-refractivity contribution in [1.29, 1.82) is 0 Å². The molecule has 0 atom stereocenters. The van der Waals surface area contributed by atoms with Gasteiger partial charge < -0.3 is 20.2 Å². The number of nitro groups is 2. The van der Waals surface area contributed by atoms with Crippen molar-refractivity contribution in [2.45, 2.75) is 65.1 Å². The van der Waals surface area contributed by atoms with E-state index in [-0.39, 0.29) is 18.1 Å². The standard InChI is InChI=1S/C16H26N8O4/c1-4-5-6-7-8-9-16(20-17,21-12(2)18-10-14(21)23(25)26)22-13(3)19-11-15(22)24(27)28/h10-11,20H,4-9,17H2,1-3H3. The first-order valence-electron chi connectivity index (χ1n) is 9.16. The number of hydrogen-bond acceptors (Lipinski definition) is 8. The third kappa shape index (κ3) is 3.87. The Morgan fingerprint density at radius 1 is 1.00 bits per heavy atom. The molecule has 3 N–H and O–H groups in total. The smallest absolute Gasteiger partial charge is 0.347 e. The number of hydrazine groups is 1. The molecular formula is C16H26N8O4. The maximum Gasteiger partial charge on any atom is 0.347 e. The van der Waals surface area contributed by atoms with Gasteiger partial charge in [-0.1, -0.05) is 32.6 Å². The van der Waals surface area contributed by atoms with Gasteiger partial charge in [-0.15, -0.1) is 0 Å². The molecule has 2 aromatic rings. The number of nitrogens with two attached hydrogens (primary N) is 1. The lowest BCUT2D eigenvalue weighted by molar-refractivity contribution is -0.398. The maximum absolute atomic E-state index is 11.6. The highest BCUT2D eigenvalue weighted by atomic mass is 16.6. The first-order chi connectivity index (χ1) is 13.3. The monoisotopic (exact) mass is 394 g/mol. The van der Waals surface area contributed by atoms with Crippen molar-refractivity contribution in [1.82, 2.24) is 24.5 Å². The lowest BCUT2D eigenvalue weighted by Gasteiger charge is -2.29. The number of hydrogen-bond donors (Lipinski definition) is 2. The third-order valence-electron chi connectivity index (χ3n) is 4.81. The van der Waals surface area contributed by atoms with E-state index < -0.39 is 15.6 Å². The van der Waals surface area contributed by atoms with Crippen LogP contribution in [0, 0.1) is 34.1 Å². The van der Waals surface area contributed by atoms with E-state index in [0.717, 1.165) is 38.1 Å². The van der Waals surface area contributed by atoms with Gasteiger partial charge in [0.25, 0.3) is 0 Å². The van der Waals surface area contributed by atoms with Crippen LogP contribution in [0.15, 0.2) is 12.4 Å². The van der Waals surface area contributed by atoms with E-state index in [4.69, 9.17) is 5.84 Å². The number of nitrogens with zero attached hydrogens (tertiary/aromatic N) is 6. The van der Waals surface area contributed by atoms with Crippen molar-refractivity contribution in [2.24, 2.45) is 5.84 Å². The van der Waals surface area contributed by atoms with E-state index in [2.05, 4.69) is 22.3 Å². The van der Waals surface area contributed by atoms with E-state index in [1.807, 2.05) is 0 Å². The number of imidazole rings is 2. The van der Waals surface area contributed by atoms with Crippen LogP contribution in [0.25, 0.3) is 0 Å². The number of nitrogens with one attached hydrogen (secondary N) is 1. The highest BCUT2D eigenvalue weighted by molar-refractivity contribution is 5.28. The van der Waals surface area contributed by atoms with Gasteiger partial charge in [0.05, 0.1) is 6.42 Å². The minimum Gasteiger partial charge on any atom is -0.358 e. The highest BCUT2D eigenvalue weighted by Crippen LogP contribution is 2.34. The number of aromatic nitrogens is 4. The van der Waals surface area contributed by atoms with E-state index >= 15 is 0 Å². The number of unbranched alkanes of at least 4 members (excludes halogenated alkanes) is 4. The molecule has 2 heterocycles. The van der Waals surface area contributed by atoms with Gasteiger partial charge in [0.2, 0.25) is 0 Å². The van der Waals surface area contributed by atoms with E-state index in [1.54, 1.807) is 13.8 Å². The van der Waals surface area contributed by atoms with Crippen molar-refractivity contribution in [2.75, 3.05) is 0 Å². The van der Waals surface area contributed by atoms with Crippen molar-refractivity contribution in [3.05, 3.63) is 44.3 Å². The molecular weight excluding hydrogens is 368 g/mol. The minimum atomic E-state index is -1.49. The normalized spacial score (nSPS) is 11.7. The second-order valence-electron chi connectivity index (χ2n) is 6.64. The van der Waals surface area contributed by atoms with Gasteiger partial charge in [-0.2, -0.15) is 14.6 Å². The summed E-state index contributed by atoms with van der Waals surface area (Å²) in [5.41, 5.74) is 2.62. The van der Waals surface area contributed by atoms with Crippen molar-refractivity contribution < 1.29 is 9.85 Å². The molecule has 12 heteroatoms. The molecule has 0 radical (unpaired) electrons. The molecule has 0 aliphatic heterocycles. The van der Waals surface area contributed by atoms with Crippen LogP contribution in [-0.2, 0) is 5.79 Å². The Hall–Kier alpha value is -2.86. The number of aryl methyl sites for hydroxylation is 2.